The van der Waals surface area contributed by atoms with Crippen molar-refractivity contribution in [1.29, 1.82) is 0 Å². The van der Waals surface area contributed by atoms with E-state index in [0.29, 0.717) is 0 Å². The lowest BCUT2D eigenvalue weighted by atomic mass is 9.83. The molecule has 0 heterocycles. The molecule has 0 amide bonds. The fourth-order valence-electron chi connectivity index (χ4n) is 8.01. The molecule has 7 aromatic carbocycles. The predicted octanol–water partition coefficient (Wildman–Crippen LogP) is 15.4. The summed E-state index contributed by atoms with van der Waals surface area (Å²) in [6.07, 6.45) is 25.7. The third kappa shape index (κ3) is 7.96. The largest absolute Gasteiger partial charge is 0.117 e. The first-order valence-corrected chi connectivity index (χ1v) is 19.8. The Labute approximate surface area is 336 Å². The number of allylic oxidation sites excluding steroid dienone is 15. The third-order valence-corrected chi connectivity index (χ3v) is 10.8. The molecule has 0 aromatic heterocycles. The topological polar surface area (TPSA) is 0 Å². The maximum atomic E-state index is 3.35. The van der Waals surface area contributed by atoms with Gasteiger partial charge in [0.2, 0.25) is 0 Å². The van der Waals surface area contributed by atoms with E-state index in [9.17, 15) is 0 Å². The standard InChI is InChI=1S/C57H42/c1(2-5-25-47(38-42-19-8-9-20-42)44-21-6-3-7-22-44)4-18-43-36-37-56(50-30-14-28-48(40-50)54-34-16-26-45-23-10-12-32-52(45)54)57(39-43)51-31-15-29-49(41-51)55-35-17-27-46-24-11-13-33-53(46)55/h1-19,21-35,37,39-41H,36,38H2/b4-1+,5-2-,43-18+,47-25-. The van der Waals surface area contributed by atoms with Crippen LogP contribution < -0.4 is 0 Å². The summed E-state index contributed by atoms with van der Waals surface area (Å²) in [5.41, 5.74) is 18.2. The van der Waals surface area contributed by atoms with Crippen molar-refractivity contribution in [3.05, 3.63) is 264 Å². The molecular weight excluding hydrogens is 685 g/mol. The van der Waals surface area contributed by atoms with Gasteiger partial charge < -0.3 is 0 Å². The van der Waals surface area contributed by atoms with Crippen LogP contribution in [0.4, 0.5) is 0 Å². The Hall–Kier alpha value is -7.24. The van der Waals surface area contributed by atoms with Gasteiger partial charge in [0.05, 0.1) is 0 Å². The molecule has 270 valence electrons. The van der Waals surface area contributed by atoms with Gasteiger partial charge in [0, 0.05) is 6.42 Å². The van der Waals surface area contributed by atoms with Gasteiger partial charge in [-0.25, -0.2) is 0 Å². The van der Waals surface area contributed by atoms with Crippen LogP contribution in [0.2, 0.25) is 0 Å². The molecule has 0 fully saturated rings. The summed E-state index contributed by atoms with van der Waals surface area (Å²) in [6, 6.07) is 59.2. The average Bonchev–Trinajstić information content (AvgIpc) is 3.80. The summed E-state index contributed by atoms with van der Waals surface area (Å²) in [5.74, 6) is 0. The Kier molecular flexibility index (Phi) is 10.4. The Balaban J connectivity index is 1.06. The molecule has 0 nitrogen and oxygen atoms in total. The van der Waals surface area contributed by atoms with Crippen LogP contribution in [0.3, 0.4) is 0 Å². The Morgan fingerprint density at radius 1 is 0.526 bits per heavy atom. The molecule has 0 aliphatic heterocycles. The second-order valence-electron chi connectivity index (χ2n) is 14.5. The second kappa shape index (κ2) is 16.6. The molecular formula is C57H42. The number of fused-ring (bicyclic) bond motifs is 2. The van der Waals surface area contributed by atoms with E-state index in [0.717, 1.165) is 12.8 Å². The number of benzene rings is 7. The lowest BCUT2D eigenvalue weighted by Crippen LogP contribution is -1.98. The van der Waals surface area contributed by atoms with E-state index in [1.807, 2.05) is 6.08 Å². The SMILES string of the molecule is C1=CC=CC=1C/C(=C/C=C\C=C\C=C1\C=C(c2cccc(-c3cccc4ccccc34)c2)C(c2cccc(-c3cccc4ccccc34)c2)=CC1)c1ccccc1. The first-order valence-electron chi connectivity index (χ1n) is 19.8. The van der Waals surface area contributed by atoms with E-state index in [1.165, 1.54) is 88.4 Å². The molecule has 0 saturated carbocycles. The zero-order valence-electron chi connectivity index (χ0n) is 31.9. The molecule has 0 atom stereocenters. The van der Waals surface area contributed by atoms with Gasteiger partial charge in [-0.2, -0.15) is 0 Å². The van der Waals surface area contributed by atoms with E-state index in [2.05, 4.69) is 230 Å². The Morgan fingerprint density at radius 3 is 1.77 bits per heavy atom. The Bertz CT molecular complexity index is 2900. The minimum Gasteiger partial charge on any atom is -0.117 e. The van der Waals surface area contributed by atoms with Crippen molar-refractivity contribution in [3.63, 3.8) is 0 Å². The van der Waals surface area contributed by atoms with Crippen LogP contribution in [0.15, 0.2) is 248 Å². The molecule has 2 aliphatic carbocycles. The predicted molar refractivity (Wildman–Crippen MR) is 245 cm³/mol. The quantitative estimate of drug-likeness (QED) is 0.0972. The molecule has 7 aromatic rings. The first-order chi connectivity index (χ1) is 28.3. The summed E-state index contributed by atoms with van der Waals surface area (Å²) in [4.78, 5) is 0. The molecule has 0 heteroatoms. The van der Waals surface area contributed by atoms with Crippen LogP contribution in [0.1, 0.15) is 29.5 Å². The van der Waals surface area contributed by atoms with Crippen molar-refractivity contribution in [1.82, 2.24) is 0 Å². The highest BCUT2D eigenvalue weighted by molar-refractivity contribution is 6.08. The van der Waals surface area contributed by atoms with Crippen LogP contribution >= 0.6 is 0 Å². The van der Waals surface area contributed by atoms with Crippen molar-refractivity contribution in [2.75, 3.05) is 0 Å². The van der Waals surface area contributed by atoms with E-state index in [-0.39, 0.29) is 0 Å². The molecule has 0 radical (unpaired) electrons. The van der Waals surface area contributed by atoms with Gasteiger partial charge in [-0.1, -0.05) is 212 Å². The summed E-state index contributed by atoms with van der Waals surface area (Å²) < 4.78 is 0. The van der Waals surface area contributed by atoms with Gasteiger partial charge in [0.1, 0.15) is 0 Å². The minimum absolute atomic E-state index is 0.850. The van der Waals surface area contributed by atoms with Crippen molar-refractivity contribution >= 4 is 38.3 Å². The monoisotopic (exact) mass is 726 g/mol. The molecule has 0 bridgehead atoms. The van der Waals surface area contributed by atoms with Crippen LogP contribution in [0.25, 0.3) is 60.5 Å². The zero-order valence-corrected chi connectivity index (χ0v) is 31.9. The molecule has 9 rings (SSSR count). The number of hydrogen-bond donors (Lipinski definition) is 0. The molecule has 0 N–H and O–H groups in total. The van der Waals surface area contributed by atoms with Crippen LogP contribution in [-0.4, -0.2) is 0 Å². The summed E-state index contributed by atoms with van der Waals surface area (Å²) in [5, 5.41) is 5.04. The smallest absolute Gasteiger partial charge is 0.00538 e. The van der Waals surface area contributed by atoms with Gasteiger partial charge in [-0.05, 0) is 113 Å². The van der Waals surface area contributed by atoms with E-state index in [4.69, 9.17) is 0 Å². The molecule has 0 unspecified atom stereocenters. The van der Waals surface area contributed by atoms with Crippen molar-refractivity contribution in [2.24, 2.45) is 0 Å². The number of hydrogen-bond acceptors (Lipinski definition) is 0. The van der Waals surface area contributed by atoms with Gasteiger partial charge in [0.25, 0.3) is 0 Å². The van der Waals surface area contributed by atoms with E-state index >= 15 is 0 Å². The fourth-order valence-corrected chi connectivity index (χ4v) is 8.01. The highest BCUT2D eigenvalue weighted by Gasteiger charge is 2.17. The third-order valence-electron chi connectivity index (χ3n) is 10.8. The van der Waals surface area contributed by atoms with Crippen LogP contribution in [0, 0.1) is 0 Å². The summed E-state index contributed by atoms with van der Waals surface area (Å²) >= 11 is 0. The maximum absolute atomic E-state index is 3.35. The van der Waals surface area contributed by atoms with Crippen LogP contribution in [-0.2, 0) is 0 Å². The average molecular weight is 727 g/mol. The van der Waals surface area contributed by atoms with Crippen molar-refractivity contribution in [2.45, 2.75) is 12.8 Å². The van der Waals surface area contributed by atoms with Gasteiger partial charge in [-0.3, -0.25) is 0 Å². The molecule has 0 spiro atoms. The summed E-state index contributed by atoms with van der Waals surface area (Å²) in [6.45, 7) is 0. The van der Waals surface area contributed by atoms with E-state index in [1.54, 1.807) is 0 Å². The lowest BCUT2D eigenvalue weighted by Gasteiger charge is -2.20. The second-order valence-corrected chi connectivity index (χ2v) is 14.5. The normalized spacial score (nSPS) is 14.9. The number of rotatable bonds is 10. The Morgan fingerprint density at radius 2 is 1.11 bits per heavy atom. The van der Waals surface area contributed by atoms with Gasteiger partial charge in [-0.15, -0.1) is 5.73 Å². The maximum Gasteiger partial charge on any atom is 0.00538 e. The van der Waals surface area contributed by atoms with Crippen molar-refractivity contribution < 1.29 is 0 Å². The van der Waals surface area contributed by atoms with Crippen molar-refractivity contribution in [3.8, 4) is 22.3 Å². The summed E-state index contributed by atoms with van der Waals surface area (Å²) in [7, 11) is 0. The fraction of sp³-hybridized carbons (Fsp3) is 0.0351. The molecule has 0 saturated heterocycles. The highest BCUT2D eigenvalue weighted by atomic mass is 14.2. The lowest BCUT2D eigenvalue weighted by molar-refractivity contribution is 1.27. The molecule has 57 heavy (non-hydrogen) atoms. The highest BCUT2D eigenvalue weighted by Crippen LogP contribution is 2.40. The van der Waals surface area contributed by atoms with Crippen LogP contribution in [0.5, 0.6) is 0 Å². The van der Waals surface area contributed by atoms with Gasteiger partial charge >= 0.3 is 0 Å². The minimum atomic E-state index is 0.850. The van der Waals surface area contributed by atoms with E-state index < -0.39 is 0 Å². The first kappa shape index (κ1) is 35.5. The zero-order chi connectivity index (χ0) is 38.2. The van der Waals surface area contributed by atoms with Gasteiger partial charge in [0.15, 0.2) is 0 Å². The molecule has 2 aliphatic rings.